The molecule has 0 N–H and O–H groups in total. The minimum Gasteiger partial charge on any atom is -0.203 e. The molecule has 24 heavy (non-hydrogen) atoms. The molecule has 0 bridgehead atoms. The first-order valence-corrected chi connectivity index (χ1v) is 9.58. The van der Waals surface area contributed by atoms with Gasteiger partial charge in [0, 0.05) is 0 Å². The van der Waals surface area contributed by atoms with E-state index in [2.05, 4.69) is 0 Å². The van der Waals surface area contributed by atoms with Crippen molar-refractivity contribution in [2.45, 2.75) is 76.5 Å². The lowest BCUT2D eigenvalue weighted by atomic mass is 9.71. The quantitative estimate of drug-likeness (QED) is 0.620. The van der Waals surface area contributed by atoms with Gasteiger partial charge in [-0.3, -0.25) is 0 Å². The standard InChI is InChI=1S/C21H27F2N/c22-20-17(14-24)11-12-18(21(20)23)19(16-9-5-2-6-10-16)13-15-7-3-1-4-8-15/h11-12,15-16,19H,1-10,13H2. The second-order valence-corrected chi connectivity index (χ2v) is 7.69. The Morgan fingerprint density at radius 2 is 1.54 bits per heavy atom. The molecule has 0 heterocycles. The first-order chi connectivity index (χ1) is 11.7. The van der Waals surface area contributed by atoms with Gasteiger partial charge in [-0.05, 0) is 48.6 Å². The molecule has 1 aromatic rings. The Morgan fingerprint density at radius 3 is 2.17 bits per heavy atom. The highest BCUT2D eigenvalue weighted by atomic mass is 19.2. The second-order valence-electron chi connectivity index (χ2n) is 7.69. The fourth-order valence-corrected chi connectivity index (χ4v) is 4.83. The van der Waals surface area contributed by atoms with E-state index in [1.807, 2.05) is 0 Å². The molecule has 1 aromatic carbocycles. The Balaban J connectivity index is 1.88. The first kappa shape index (κ1) is 17.4. The van der Waals surface area contributed by atoms with Crippen LogP contribution < -0.4 is 0 Å². The molecule has 3 rings (SSSR count). The third-order valence-electron chi connectivity index (χ3n) is 6.16. The first-order valence-electron chi connectivity index (χ1n) is 9.58. The molecule has 0 amide bonds. The summed E-state index contributed by atoms with van der Waals surface area (Å²) >= 11 is 0. The summed E-state index contributed by atoms with van der Waals surface area (Å²) in [6.45, 7) is 0. The lowest BCUT2D eigenvalue weighted by Crippen LogP contribution is -2.22. The van der Waals surface area contributed by atoms with E-state index in [4.69, 9.17) is 5.26 Å². The zero-order valence-electron chi connectivity index (χ0n) is 14.4. The lowest BCUT2D eigenvalue weighted by molar-refractivity contribution is 0.235. The van der Waals surface area contributed by atoms with Crippen LogP contribution in [0.1, 0.15) is 87.7 Å². The Hall–Kier alpha value is -1.43. The molecular weight excluding hydrogens is 304 g/mol. The van der Waals surface area contributed by atoms with Crippen molar-refractivity contribution in [2.75, 3.05) is 0 Å². The van der Waals surface area contributed by atoms with Crippen LogP contribution in [0.25, 0.3) is 0 Å². The van der Waals surface area contributed by atoms with Gasteiger partial charge in [0.2, 0.25) is 0 Å². The van der Waals surface area contributed by atoms with Gasteiger partial charge in [0.1, 0.15) is 6.07 Å². The second kappa shape index (κ2) is 8.10. The molecule has 0 saturated heterocycles. The van der Waals surface area contributed by atoms with Gasteiger partial charge < -0.3 is 0 Å². The van der Waals surface area contributed by atoms with Crippen molar-refractivity contribution in [2.24, 2.45) is 11.8 Å². The summed E-state index contributed by atoms with van der Waals surface area (Å²) < 4.78 is 28.9. The van der Waals surface area contributed by atoms with E-state index in [-0.39, 0.29) is 11.5 Å². The van der Waals surface area contributed by atoms with Gasteiger partial charge in [0.05, 0.1) is 5.56 Å². The molecular formula is C21H27F2N. The largest absolute Gasteiger partial charge is 0.203 e. The predicted octanol–water partition coefficient (Wildman–Crippen LogP) is 6.47. The van der Waals surface area contributed by atoms with Gasteiger partial charge in [-0.1, -0.05) is 57.4 Å². The SMILES string of the molecule is N#Cc1ccc(C(CC2CCCCC2)C2CCCCC2)c(F)c1F. The summed E-state index contributed by atoms with van der Waals surface area (Å²) in [5.74, 6) is -0.526. The molecule has 130 valence electrons. The normalized spacial score (nSPS) is 21.4. The molecule has 1 unspecified atom stereocenters. The molecule has 3 heteroatoms. The highest BCUT2D eigenvalue weighted by Crippen LogP contribution is 2.43. The molecule has 2 saturated carbocycles. The average molecular weight is 331 g/mol. The van der Waals surface area contributed by atoms with E-state index >= 15 is 0 Å². The van der Waals surface area contributed by atoms with Crippen molar-refractivity contribution in [1.29, 1.82) is 5.26 Å². The van der Waals surface area contributed by atoms with Gasteiger partial charge >= 0.3 is 0 Å². The topological polar surface area (TPSA) is 23.8 Å². The van der Waals surface area contributed by atoms with Crippen molar-refractivity contribution in [3.63, 3.8) is 0 Å². The van der Waals surface area contributed by atoms with Gasteiger partial charge in [0.25, 0.3) is 0 Å². The van der Waals surface area contributed by atoms with Gasteiger partial charge in [-0.25, -0.2) is 8.78 Å². The summed E-state index contributed by atoms with van der Waals surface area (Å²) in [5, 5.41) is 8.93. The van der Waals surface area contributed by atoms with Crippen molar-refractivity contribution >= 4 is 0 Å². The van der Waals surface area contributed by atoms with Crippen LogP contribution in [0.15, 0.2) is 12.1 Å². The maximum absolute atomic E-state index is 14.7. The summed E-state index contributed by atoms with van der Waals surface area (Å²) in [4.78, 5) is 0. The lowest BCUT2D eigenvalue weighted by Gasteiger charge is -2.34. The van der Waals surface area contributed by atoms with Crippen LogP contribution in [0.4, 0.5) is 8.78 Å². The smallest absolute Gasteiger partial charge is 0.176 e. The van der Waals surface area contributed by atoms with Crippen LogP contribution in [0.5, 0.6) is 0 Å². The number of nitriles is 1. The van der Waals surface area contributed by atoms with Gasteiger partial charge in [-0.2, -0.15) is 5.26 Å². The summed E-state index contributed by atoms with van der Waals surface area (Å²) in [6.07, 6.45) is 13.2. The van der Waals surface area contributed by atoms with Gasteiger partial charge in [0.15, 0.2) is 11.6 Å². The number of halogens is 2. The minimum atomic E-state index is -0.959. The van der Waals surface area contributed by atoms with Crippen molar-refractivity contribution < 1.29 is 8.78 Å². The Kier molecular flexibility index (Phi) is 5.87. The van der Waals surface area contributed by atoms with Crippen LogP contribution >= 0.6 is 0 Å². The Bertz CT molecular complexity index is 593. The highest BCUT2D eigenvalue weighted by Gasteiger charge is 2.31. The van der Waals surface area contributed by atoms with E-state index in [9.17, 15) is 8.78 Å². The van der Waals surface area contributed by atoms with Crippen molar-refractivity contribution in [1.82, 2.24) is 0 Å². The maximum atomic E-state index is 14.7. The van der Waals surface area contributed by atoms with Crippen LogP contribution in [-0.4, -0.2) is 0 Å². The summed E-state index contributed by atoms with van der Waals surface area (Å²) in [6, 6.07) is 4.89. The number of nitrogens with zero attached hydrogens (tertiary/aromatic N) is 1. The van der Waals surface area contributed by atoms with Crippen molar-refractivity contribution in [3.05, 3.63) is 34.9 Å². The van der Waals surface area contributed by atoms with Crippen molar-refractivity contribution in [3.8, 4) is 6.07 Å². The molecule has 0 aliphatic heterocycles. The number of benzene rings is 1. The van der Waals surface area contributed by atoms with Crippen LogP contribution in [0, 0.1) is 34.8 Å². The fraction of sp³-hybridized carbons (Fsp3) is 0.667. The predicted molar refractivity (Wildman–Crippen MR) is 91.6 cm³/mol. The summed E-state index contributed by atoms with van der Waals surface area (Å²) in [7, 11) is 0. The molecule has 2 aliphatic carbocycles. The Labute approximate surface area is 144 Å². The highest BCUT2D eigenvalue weighted by molar-refractivity contribution is 5.36. The molecule has 0 spiro atoms. The fourth-order valence-electron chi connectivity index (χ4n) is 4.83. The zero-order chi connectivity index (χ0) is 16.9. The van der Waals surface area contributed by atoms with Crippen LogP contribution in [0.3, 0.4) is 0 Å². The molecule has 1 atom stereocenters. The third-order valence-corrected chi connectivity index (χ3v) is 6.16. The number of rotatable bonds is 4. The molecule has 0 aromatic heterocycles. The average Bonchev–Trinajstić information content (AvgIpc) is 2.64. The zero-order valence-corrected chi connectivity index (χ0v) is 14.4. The van der Waals surface area contributed by atoms with E-state index in [0.717, 1.165) is 19.3 Å². The Morgan fingerprint density at radius 1 is 0.917 bits per heavy atom. The molecule has 1 nitrogen and oxygen atoms in total. The van der Waals surface area contributed by atoms with Gasteiger partial charge in [-0.15, -0.1) is 0 Å². The van der Waals surface area contributed by atoms with E-state index in [0.29, 0.717) is 17.4 Å². The molecule has 2 fully saturated rings. The molecule has 2 aliphatic rings. The van der Waals surface area contributed by atoms with Crippen LogP contribution in [-0.2, 0) is 0 Å². The maximum Gasteiger partial charge on any atom is 0.176 e. The third kappa shape index (κ3) is 3.79. The van der Waals surface area contributed by atoms with E-state index in [1.165, 1.54) is 57.4 Å². The minimum absolute atomic E-state index is 0.107. The van der Waals surface area contributed by atoms with Crippen LogP contribution in [0.2, 0.25) is 0 Å². The van der Waals surface area contributed by atoms with E-state index in [1.54, 1.807) is 12.1 Å². The number of hydrogen-bond donors (Lipinski definition) is 0. The number of hydrogen-bond acceptors (Lipinski definition) is 1. The monoisotopic (exact) mass is 331 g/mol. The molecule has 0 radical (unpaired) electrons. The van der Waals surface area contributed by atoms with E-state index < -0.39 is 11.6 Å². The summed E-state index contributed by atoms with van der Waals surface area (Å²) in [5.41, 5.74) is 0.334.